The summed E-state index contributed by atoms with van der Waals surface area (Å²) in [5, 5.41) is 12.4. The lowest BCUT2D eigenvalue weighted by Gasteiger charge is -2.39. The van der Waals surface area contributed by atoms with Crippen molar-refractivity contribution in [1.29, 1.82) is 0 Å². The number of rotatable bonds is 8. The summed E-state index contributed by atoms with van der Waals surface area (Å²) in [7, 11) is 0. The number of carbonyl (C=O) groups is 2. The van der Waals surface area contributed by atoms with Crippen LogP contribution in [0.2, 0.25) is 0 Å². The Hall–Kier alpha value is -3.51. The van der Waals surface area contributed by atoms with Crippen LogP contribution in [0.4, 0.5) is 31.1 Å². The monoisotopic (exact) mass is 535 g/mol. The Morgan fingerprint density at radius 1 is 1.08 bits per heavy atom. The summed E-state index contributed by atoms with van der Waals surface area (Å²) < 4.78 is 81.1. The minimum absolute atomic E-state index is 0.0995. The van der Waals surface area contributed by atoms with E-state index in [2.05, 4.69) is 15.0 Å². The minimum atomic E-state index is -4.62. The van der Waals surface area contributed by atoms with Crippen molar-refractivity contribution in [3.05, 3.63) is 59.4 Å². The number of nitrogens with zero attached hydrogens (tertiary/aromatic N) is 2. The third-order valence-corrected chi connectivity index (χ3v) is 5.19. The van der Waals surface area contributed by atoms with Crippen molar-refractivity contribution in [1.82, 2.24) is 15.2 Å². The Morgan fingerprint density at radius 2 is 1.73 bits per heavy atom. The van der Waals surface area contributed by atoms with Crippen molar-refractivity contribution in [3.8, 4) is 5.75 Å². The van der Waals surface area contributed by atoms with Gasteiger partial charge in [0, 0.05) is 12.0 Å². The zero-order chi connectivity index (χ0) is 28.2. The molecule has 204 valence electrons. The van der Waals surface area contributed by atoms with Crippen molar-refractivity contribution >= 4 is 12.0 Å². The molecule has 2 amide bonds. The second-order valence-corrected chi connectivity index (χ2v) is 9.29. The molecule has 0 unspecified atom stereocenters. The Balaban J connectivity index is 2.29. The number of aromatic nitrogens is 1. The molecule has 13 heteroatoms. The fraction of sp³-hybridized carbons (Fsp3) is 0.458. The van der Waals surface area contributed by atoms with E-state index in [1.165, 1.54) is 52.0 Å². The maximum absolute atomic E-state index is 13.3. The van der Waals surface area contributed by atoms with Gasteiger partial charge in [-0.05, 0) is 51.5 Å². The van der Waals surface area contributed by atoms with Gasteiger partial charge in [-0.3, -0.25) is 14.7 Å². The van der Waals surface area contributed by atoms with Crippen LogP contribution in [0.15, 0.2) is 42.6 Å². The molecule has 0 saturated carbocycles. The largest absolute Gasteiger partial charge is 0.483 e. The van der Waals surface area contributed by atoms with Crippen molar-refractivity contribution in [2.24, 2.45) is 0 Å². The van der Waals surface area contributed by atoms with E-state index in [1.807, 2.05) is 0 Å². The summed E-state index contributed by atoms with van der Waals surface area (Å²) in [5.41, 5.74) is -1.69. The van der Waals surface area contributed by atoms with Gasteiger partial charge in [-0.15, -0.1) is 0 Å². The molecule has 1 heterocycles. The molecular formula is C24H27F6N3O4. The number of carboxylic acid groups (broad SMARTS) is 1. The molecule has 0 radical (unpaired) electrons. The van der Waals surface area contributed by atoms with Gasteiger partial charge in [-0.2, -0.15) is 26.3 Å². The predicted octanol–water partition coefficient (Wildman–Crippen LogP) is 5.61. The first-order valence-corrected chi connectivity index (χ1v) is 11.0. The molecule has 1 aromatic carbocycles. The van der Waals surface area contributed by atoms with Crippen LogP contribution in [0, 0.1) is 0 Å². The fourth-order valence-electron chi connectivity index (χ4n) is 3.57. The number of ether oxygens (including phenoxy) is 1. The highest BCUT2D eigenvalue weighted by Crippen LogP contribution is 2.30. The number of carbonyl (C=O) groups excluding carboxylic acids is 1. The lowest BCUT2D eigenvalue weighted by atomic mass is 9.96. The van der Waals surface area contributed by atoms with Gasteiger partial charge in [-0.25, -0.2) is 4.79 Å². The molecule has 0 aliphatic rings. The lowest BCUT2D eigenvalue weighted by molar-refractivity contribution is -0.153. The summed E-state index contributed by atoms with van der Waals surface area (Å²) in [6.07, 6.45) is -9.90. The van der Waals surface area contributed by atoms with Crippen LogP contribution in [0.1, 0.15) is 50.6 Å². The quantitative estimate of drug-likeness (QED) is 0.429. The van der Waals surface area contributed by atoms with Crippen LogP contribution in [0.3, 0.4) is 0 Å². The average Bonchev–Trinajstić information content (AvgIpc) is 2.75. The standard InChI is InChI=1S/C24H27F6N3O4/c1-14(18-9-8-17(12-31-18)37-13-23(25,26)27)32-20(34)19(33(21(35)36)22(2,3)4)11-15-6-5-7-16(10-15)24(28,29)30/h5-10,12,14,19H,11,13H2,1-4H3,(H,32,34)(H,35,36)/t14-,19+/m1/s1. The molecule has 2 atom stereocenters. The first kappa shape index (κ1) is 29.7. The van der Waals surface area contributed by atoms with Gasteiger partial charge in [0.1, 0.15) is 11.8 Å². The van der Waals surface area contributed by atoms with Crippen LogP contribution in [-0.2, 0) is 17.4 Å². The zero-order valence-electron chi connectivity index (χ0n) is 20.4. The van der Waals surface area contributed by atoms with E-state index in [1.54, 1.807) is 0 Å². The molecule has 2 rings (SSSR count). The molecule has 0 spiro atoms. The van der Waals surface area contributed by atoms with Crippen LogP contribution in [0.5, 0.6) is 5.75 Å². The molecule has 7 nitrogen and oxygen atoms in total. The normalized spacial score (nSPS) is 14.0. The highest BCUT2D eigenvalue weighted by atomic mass is 19.4. The van der Waals surface area contributed by atoms with E-state index in [0.717, 1.165) is 23.2 Å². The van der Waals surface area contributed by atoms with E-state index < -0.39 is 54.1 Å². The third kappa shape index (κ3) is 8.83. The average molecular weight is 535 g/mol. The summed E-state index contributed by atoms with van der Waals surface area (Å²) >= 11 is 0. The topological polar surface area (TPSA) is 91.8 Å². The zero-order valence-corrected chi connectivity index (χ0v) is 20.4. The number of amides is 2. The number of pyridine rings is 1. The Labute approximate surface area is 209 Å². The van der Waals surface area contributed by atoms with Crippen molar-refractivity contribution in [3.63, 3.8) is 0 Å². The van der Waals surface area contributed by atoms with Gasteiger partial charge >= 0.3 is 18.4 Å². The van der Waals surface area contributed by atoms with E-state index in [4.69, 9.17) is 0 Å². The SMILES string of the molecule is C[C@@H](NC(=O)[C@H](Cc1cccc(C(F)(F)F)c1)N(C(=O)O)C(C)(C)C)c1ccc(OCC(F)(F)F)cn1. The first-order chi connectivity index (χ1) is 16.9. The second-order valence-electron chi connectivity index (χ2n) is 9.29. The predicted molar refractivity (Wildman–Crippen MR) is 121 cm³/mol. The number of hydrogen-bond donors (Lipinski definition) is 2. The fourth-order valence-corrected chi connectivity index (χ4v) is 3.57. The number of nitrogens with one attached hydrogen (secondary N) is 1. The van der Waals surface area contributed by atoms with E-state index >= 15 is 0 Å². The number of hydrogen-bond acceptors (Lipinski definition) is 4. The van der Waals surface area contributed by atoms with Crippen LogP contribution in [0.25, 0.3) is 0 Å². The second kappa shape index (κ2) is 11.3. The van der Waals surface area contributed by atoms with E-state index in [9.17, 15) is 41.0 Å². The minimum Gasteiger partial charge on any atom is -0.483 e. The van der Waals surface area contributed by atoms with Crippen molar-refractivity contribution in [2.75, 3.05) is 6.61 Å². The molecule has 0 aliphatic carbocycles. The summed E-state index contributed by atoms with van der Waals surface area (Å²) in [6.45, 7) is 4.63. The maximum Gasteiger partial charge on any atom is 0.422 e. The molecule has 2 aromatic rings. The van der Waals surface area contributed by atoms with Gasteiger partial charge in [0.25, 0.3) is 0 Å². The van der Waals surface area contributed by atoms with Crippen LogP contribution >= 0.6 is 0 Å². The molecule has 0 saturated heterocycles. The molecule has 0 bridgehead atoms. The van der Waals surface area contributed by atoms with Crippen molar-refractivity contribution in [2.45, 2.75) is 64.1 Å². The third-order valence-electron chi connectivity index (χ3n) is 5.19. The maximum atomic E-state index is 13.3. The molecule has 37 heavy (non-hydrogen) atoms. The highest BCUT2D eigenvalue weighted by Gasteiger charge is 2.39. The molecule has 2 N–H and O–H groups in total. The number of benzene rings is 1. The first-order valence-electron chi connectivity index (χ1n) is 11.0. The van der Waals surface area contributed by atoms with Crippen molar-refractivity contribution < 1.29 is 45.8 Å². The van der Waals surface area contributed by atoms with Crippen LogP contribution < -0.4 is 10.1 Å². The Kier molecular flexibility index (Phi) is 9.04. The van der Waals surface area contributed by atoms with E-state index in [-0.39, 0.29) is 23.4 Å². The Morgan fingerprint density at radius 3 is 2.22 bits per heavy atom. The lowest BCUT2D eigenvalue weighted by Crippen LogP contribution is -2.57. The van der Waals surface area contributed by atoms with Gasteiger partial charge in [0.2, 0.25) is 5.91 Å². The van der Waals surface area contributed by atoms with E-state index in [0.29, 0.717) is 0 Å². The molecule has 0 aliphatic heterocycles. The van der Waals surface area contributed by atoms with Gasteiger partial charge in [-0.1, -0.05) is 18.2 Å². The summed E-state index contributed by atoms with van der Waals surface area (Å²) in [6, 6.07) is 4.60. The number of alkyl halides is 6. The molecule has 1 aromatic heterocycles. The van der Waals surface area contributed by atoms with Crippen LogP contribution in [-0.4, -0.2) is 51.4 Å². The Bertz CT molecular complexity index is 1080. The number of halogens is 6. The highest BCUT2D eigenvalue weighted by molar-refractivity contribution is 5.86. The molecule has 0 fully saturated rings. The molecular weight excluding hydrogens is 508 g/mol. The van der Waals surface area contributed by atoms with Gasteiger partial charge in [0.15, 0.2) is 6.61 Å². The smallest absolute Gasteiger partial charge is 0.422 e. The van der Waals surface area contributed by atoms with Gasteiger partial charge < -0.3 is 15.2 Å². The summed E-state index contributed by atoms with van der Waals surface area (Å²) in [5.74, 6) is -0.937. The summed E-state index contributed by atoms with van der Waals surface area (Å²) in [4.78, 5) is 30.2. The van der Waals surface area contributed by atoms with Gasteiger partial charge in [0.05, 0.1) is 23.5 Å².